The van der Waals surface area contributed by atoms with E-state index in [0.717, 1.165) is 69.8 Å². The highest BCUT2D eigenvalue weighted by molar-refractivity contribution is 9.10. The molecule has 1 aliphatic heterocycles. The number of hydrogen-bond donors (Lipinski definition) is 1. The third-order valence-corrected chi connectivity index (χ3v) is 7.81. The summed E-state index contributed by atoms with van der Waals surface area (Å²) in [5, 5.41) is 8.03. The number of Topliss-reactive ketones (excluding diaryl/α,β-unsaturated/α-hetero) is 1. The van der Waals surface area contributed by atoms with Crippen LogP contribution in [0.2, 0.25) is 0 Å². The van der Waals surface area contributed by atoms with Gasteiger partial charge in [-0.3, -0.25) is 14.7 Å². The molecule has 196 valence electrons. The fourth-order valence-corrected chi connectivity index (χ4v) is 5.66. The lowest BCUT2D eigenvalue weighted by atomic mass is 9.93. The highest BCUT2D eigenvalue weighted by Gasteiger charge is 2.26. The zero-order chi connectivity index (χ0) is 26.6. The topological polar surface area (TPSA) is 75.4 Å². The van der Waals surface area contributed by atoms with Crippen LogP contribution in [0.3, 0.4) is 0 Å². The third kappa shape index (κ3) is 5.62. The van der Waals surface area contributed by atoms with E-state index < -0.39 is 0 Å². The monoisotopic (exact) mass is 580 g/mol. The number of carbonyl (C=O) groups excluding carboxylic acids is 1. The first-order valence-corrected chi connectivity index (χ1v) is 14.0. The first-order valence-electron chi connectivity index (χ1n) is 13.2. The lowest BCUT2D eigenvalue weighted by Crippen LogP contribution is -2.38. The molecule has 1 aliphatic rings. The number of fused-ring (bicyclic) bond motifs is 1. The van der Waals surface area contributed by atoms with E-state index in [1.807, 2.05) is 65.3 Å². The van der Waals surface area contributed by atoms with E-state index in [1.165, 1.54) is 0 Å². The van der Waals surface area contributed by atoms with Gasteiger partial charge in [-0.1, -0.05) is 60.7 Å². The third-order valence-electron chi connectivity index (χ3n) is 7.25. The minimum Gasteiger partial charge on any atom is -0.366 e. The van der Waals surface area contributed by atoms with Gasteiger partial charge in [0.2, 0.25) is 0 Å². The van der Waals surface area contributed by atoms with Gasteiger partial charge in [0, 0.05) is 43.0 Å². The molecule has 1 unspecified atom stereocenters. The summed E-state index contributed by atoms with van der Waals surface area (Å²) in [6.45, 7) is 2.72. The Morgan fingerprint density at radius 2 is 1.87 bits per heavy atom. The molecule has 8 heteroatoms. The van der Waals surface area contributed by atoms with Crippen molar-refractivity contribution in [2.75, 3.05) is 25.0 Å². The Morgan fingerprint density at radius 1 is 1.03 bits per heavy atom. The summed E-state index contributed by atoms with van der Waals surface area (Å²) >= 11 is 3.61. The molecule has 1 saturated heterocycles. The summed E-state index contributed by atoms with van der Waals surface area (Å²) in [4.78, 5) is 25.0. The number of nitrogens with zero attached hydrogens (tertiary/aromatic N) is 5. The van der Waals surface area contributed by atoms with Crippen LogP contribution in [-0.4, -0.2) is 49.9 Å². The van der Waals surface area contributed by atoms with E-state index in [9.17, 15) is 4.79 Å². The Bertz CT molecular complexity index is 1590. The molecule has 1 N–H and O–H groups in total. The number of nitrogens with one attached hydrogen (secondary N) is 1. The van der Waals surface area contributed by atoms with Gasteiger partial charge in [0.15, 0.2) is 11.4 Å². The average molecular weight is 582 g/mol. The Labute approximate surface area is 236 Å². The zero-order valence-corrected chi connectivity index (χ0v) is 23.1. The number of halogens is 1. The molecule has 0 bridgehead atoms. The van der Waals surface area contributed by atoms with Crippen molar-refractivity contribution in [2.24, 2.45) is 0 Å². The molecule has 0 saturated carbocycles. The van der Waals surface area contributed by atoms with E-state index in [4.69, 9.17) is 4.98 Å². The molecular weight excluding hydrogens is 552 g/mol. The number of aromatic nitrogens is 4. The van der Waals surface area contributed by atoms with Crippen LogP contribution >= 0.6 is 15.9 Å². The lowest BCUT2D eigenvalue weighted by Gasteiger charge is -2.32. The molecule has 0 radical (unpaired) electrons. The predicted molar refractivity (Wildman–Crippen MR) is 157 cm³/mol. The molecular formula is C31H29BrN6O. The fraction of sp³-hybridized carbons (Fsp3) is 0.226. The van der Waals surface area contributed by atoms with Crippen molar-refractivity contribution < 1.29 is 4.79 Å². The van der Waals surface area contributed by atoms with Gasteiger partial charge in [-0.2, -0.15) is 9.61 Å². The number of likely N-dealkylation sites (tertiary alicyclic amines) is 1. The number of pyridine rings is 1. The summed E-state index contributed by atoms with van der Waals surface area (Å²) in [6, 6.07) is 24.1. The smallest absolute Gasteiger partial charge is 0.177 e. The first-order chi connectivity index (χ1) is 19.2. The van der Waals surface area contributed by atoms with Crippen molar-refractivity contribution in [1.29, 1.82) is 0 Å². The van der Waals surface area contributed by atoms with Crippen molar-refractivity contribution in [1.82, 2.24) is 24.5 Å². The number of ketones is 1. The predicted octanol–water partition coefficient (Wildman–Crippen LogP) is 6.23. The van der Waals surface area contributed by atoms with Crippen molar-refractivity contribution in [3.63, 3.8) is 0 Å². The maximum Gasteiger partial charge on any atom is 0.177 e. The Balaban J connectivity index is 1.21. The van der Waals surface area contributed by atoms with Crippen LogP contribution in [0.4, 0.5) is 5.82 Å². The lowest BCUT2D eigenvalue weighted by molar-refractivity contribution is 0.0906. The molecule has 3 aromatic heterocycles. The number of carbonyl (C=O) groups is 1. The summed E-state index contributed by atoms with van der Waals surface area (Å²) in [7, 11) is 0. The van der Waals surface area contributed by atoms with E-state index in [0.29, 0.717) is 13.1 Å². The second kappa shape index (κ2) is 11.5. The Kier molecular flexibility index (Phi) is 7.47. The van der Waals surface area contributed by atoms with Gasteiger partial charge in [-0.05, 0) is 58.1 Å². The summed E-state index contributed by atoms with van der Waals surface area (Å²) in [6.07, 6.45) is 7.46. The largest absolute Gasteiger partial charge is 0.366 e. The minimum absolute atomic E-state index is 0.149. The van der Waals surface area contributed by atoms with E-state index >= 15 is 0 Å². The molecule has 7 nitrogen and oxygen atoms in total. The number of anilines is 1. The summed E-state index contributed by atoms with van der Waals surface area (Å²) in [5.41, 5.74) is 5.71. The van der Waals surface area contributed by atoms with Crippen molar-refractivity contribution in [3.05, 3.63) is 113 Å². The molecule has 0 amide bonds. The summed E-state index contributed by atoms with van der Waals surface area (Å²) in [5.74, 6) is 1.26. The zero-order valence-electron chi connectivity index (χ0n) is 21.5. The van der Waals surface area contributed by atoms with Gasteiger partial charge in [-0.25, -0.2) is 4.98 Å². The number of piperidine rings is 1. The number of hydrogen-bond acceptors (Lipinski definition) is 6. The van der Waals surface area contributed by atoms with Crippen LogP contribution < -0.4 is 5.32 Å². The van der Waals surface area contributed by atoms with E-state index in [2.05, 4.69) is 54.4 Å². The molecule has 5 aromatic rings. The standard InChI is InChI=1S/C31H29BrN6O/c32-27-19-35-38-30(34-18-22-8-6-14-33-17-22)16-28(36-31(27)38)24-11-7-15-37(20-24)21-29(39)26-13-5-4-12-25(26)23-9-2-1-3-10-23/h1-6,8-10,12-14,16-17,19,24,34H,7,11,15,18,20-21H2. The van der Waals surface area contributed by atoms with Crippen LogP contribution in [0, 0.1) is 0 Å². The SMILES string of the molecule is O=C(CN1CCCC(c2cc(NCc3cccnc3)n3ncc(Br)c3n2)C1)c1ccccc1-c1ccccc1. The fourth-order valence-electron chi connectivity index (χ4n) is 5.31. The van der Waals surface area contributed by atoms with Crippen LogP contribution in [0.25, 0.3) is 16.8 Å². The van der Waals surface area contributed by atoms with E-state index in [-0.39, 0.29) is 11.7 Å². The number of benzene rings is 2. The van der Waals surface area contributed by atoms with Crippen molar-refractivity contribution in [2.45, 2.75) is 25.3 Å². The normalized spacial score (nSPS) is 15.9. The minimum atomic E-state index is 0.149. The maximum absolute atomic E-state index is 13.5. The highest BCUT2D eigenvalue weighted by Crippen LogP contribution is 2.31. The first kappa shape index (κ1) is 25.4. The van der Waals surface area contributed by atoms with Gasteiger partial charge in [-0.15, -0.1) is 0 Å². The van der Waals surface area contributed by atoms with Gasteiger partial charge in [0.1, 0.15) is 5.82 Å². The molecule has 39 heavy (non-hydrogen) atoms. The maximum atomic E-state index is 13.5. The molecule has 4 heterocycles. The van der Waals surface area contributed by atoms with Gasteiger partial charge >= 0.3 is 0 Å². The second-order valence-corrected chi connectivity index (χ2v) is 10.8. The second-order valence-electron chi connectivity index (χ2n) is 9.92. The van der Waals surface area contributed by atoms with Gasteiger partial charge in [0.05, 0.1) is 22.9 Å². The Hall–Kier alpha value is -3.88. The van der Waals surface area contributed by atoms with Crippen LogP contribution in [0.5, 0.6) is 0 Å². The molecule has 0 aliphatic carbocycles. The molecule has 1 fully saturated rings. The molecule has 1 atom stereocenters. The quantitative estimate of drug-likeness (QED) is 0.219. The summed E-state index contributed by atoms with van der Waals surface area (Å²) < 4.78 is 2.68. The van der Waals surface area contributed by atoms with Crippen LogP contribution in [-0.2, 0) is 6.54 Å². The van der Waals surface area contributed by atoms with Gasteiger partial charge < -0.3 is 5.32 Å². The average Bonchev–Trinajstić information content (AvgIpc) is 3.37. The highest BCUT2D eigenvalue weighted by atomic mass is 79.9. The molecule has 6 rings (SSSR count). The molecule has 0 spiro atoms. The van der Waals surface area contributed by atoms with Gasteiger partial charge in [0.25, 0.3) is 0 Å². The van der Waals surface area contributed by atoms with Crippen molar-refractivity contribution >= 4 is 33.2 Å². The van der Waals surface area contributed by atoms with Crippen LogP contribution in [0.15, 0.2) is 95.9 Å². The number of rotatable bonds is 8. The molecule has 2 aromatic carbocycles. The Morgan fingerprint density at radius 3 is 2.72 bits per heavy atom. The van der Waals surface area contributed by atoms with Crippen molar-refractivity contribution in [3.8, 4) is 11.1 Å². The van der Waals surface area contributed by atoms with Crippen LogP contribution in [0.1, 0.15) is 40.4 Å². The van der Waals surface area contributed by atoms with E-state index in [1.54, 1.807) is 12.4 Å².